The molecule has 6 unspecified atom stereocenters. The van der Waals surface area contributed by atoms with E-state index in [-0.39, 0.29) is 18.2 Å². The van der Waals surface area contributed by atoms with Gasteiger partial charge in [0.2, 0.25) is 10.0 Å². The highest BCUT2D eigenvalue weighted by molar-refractivity contribution is 7.90. The van der Waals surface area contributed by atoms with E-state index in [1.165, 1.54) is 25.9 Å². The van der Waals surface area contributed by atoms with Crippen LogP contribution in [0.2, 0.25) is 0 Å². The Morgan fingerprint density at radius 3 is 2.65 bits per heavy atom. The lowest BCUT2D eigenvalue weighted by Gasteiger charge is -2.52. The van der Waals surface area contributed by atoms with E-state index in [2.05, 4.69) is 49.7 Å². The Morgan fingerprint density at radius 1 is 1.06 bits per heavy atom. The molecule has 0 amide bonds. The van der Waals surface area contributed by atoms with Gasteiger partial charge < -0.3 is 5.32 Å². The normalized spacial score (nSPS) is 42.4. The Labute approximate surface area is 187 Å². The fourth-order valence-corrected chi connectivity index (χ4v) is 8.17. The van der Waals surface area contributed by atoms with Crippen LogP contribution in [0.4, 0.5) is 0 Å². The van der Waals surface area contributed by atoms with E-state index in [0.717, 1.165) is 32.4 Å². The number of fused-ring (bicyclic) bond motifs is 1. The van der Waals surface area contributed by atoms with Crippen LogP contribution in [0.25, 0.3) is 0 Å². The van der Waals surface area contributed by atoms with E-state index >= 15 is 0 Å². The molecule has 1 saturated carbocycles. The Bertz CT molecular complexity index is 753. The van der Waals surface area contributed by atoms with Gasteiger partial charge in [-0.25, -0.2) is 23.2 Å². The van der Waals surface area contributed by atoms with Gasteiger partial charge in [-0.3, -0.25) is 15.8 Å². The van der Waals surface area contributed by atoms with E-state index in [1.807, 2.05) is 7.05 Å². The number of likely N-dealkylation sites (tertiary alicyclic amines) is 1. The van der Waals surface area contributed by atoms with Gasteiger partial charge in [-0.05, 0) is 43.6 Å². The highest BCUT2D eigenvalue weighted by atomic mass is 32.2. The van der Waals surface area contributed by atoms with Crippen molar-refractivity contribution < 1.29 is 8.42 Å². The number of nitrogens with zero attached hydrogens (tertiary/aromatic N) is 3. The summed E-state index contributed by atoms with van der Waals surface area (Å²) in [4.78, 5) is 2.60. The first kappa shape index (κ1) is 22.5. The zero-order valence-electron chi connectivity index (χ0n) is 19.3. The summed E-state index contributed by atoms with van der Waals surface area (Å²) < 4.78 is 29.7. The monoisotopic (exact) mass is 455 g/mol. The largest absolute Gasteiger partial charge is 0.301 e. The second-order valence-corrected chi connectivity index (χ2v) is 13.3. The average molecular weight is 456 g/mol. The van der Waals surface area contributed by atoms with Crippen molar-refractivity contribution >= 4 is 10.0 Å². The van der Waals surface area contributed by atoms with Crippen molar-refractivity contribution in [2.24, 2.45) is 11.3 Å². The lowest BCUT2D eigenvalue weighted by Crippen LogP contribution is -2.63. The van der Waals surface area contributed by atoms with Crippen LogP contribution < -0.4 is 20.9 Å². The molecule has 178 valence electrons. The number of nitrogens with one attached hydrogen (secondary N) is 4. The molecule has 1 aliphatic carbocycles. The van der Waals surface area contributed by atoms with Gasteiger partial charge in [-0.15, -0.1) is 0 Å². The predicted molar refractivity (Wildman–Crippen MR) is 121 cm³/mol. The molecule has 9 nitrogen and oxygen atoms in total. The minimum Gasteiger partial charge on any atom is -0.301 e. The van der Waals surface area contributed by atoms with Crippen molar-refractivity contribution in [3.63, 3.8) is 0 Å². The SMILES string of the molecule is CN1NCC2CCCC(NS(=O)(=O)C3CNN(C4CC(N5CC(C)(C)C5)CCN4)C3)C21. The summed E-state index contributed by atoms with van der Waals surface area (Å²) in [6.07, 6.45) is 5.63. The van der Waals surface area contributed by atoms with E-state index in [4.69, 9.17) is 0 Å². The zero-order valence-corrected chi connectivity index (χ0v) is 20.1. The molecule has 6 atom stereocenters. The third-order valence-corrected chi connectivity index (χ3v) is 10.0. The standard InChI is InChI=1S/C21H41N7O2S/c1-21(2)13-27(14-21)16-7-8-22-19(9-16)28-12-17(11-24-28)31(29,30)25-18-6-4-5-15-10-23-26(3)20(15)18/h15-20,22-25H,4-14H2,1-3H3. The van der Waals surface area contributed by atoms with E-state index < -0.39 is 15.3 Å². The van der Waals surface area contributed by atoms with Crippen LogP contribution in [-0.4, -0.2) is 99.2 Å². The van der Waals surface area contributed by atoms with E-state index in [0.29, 0.717) is 30.5 Å². The highest BCUT2D eigenvalue weighted by Gasteiger charge is 2.45. The fraction of sp³-hybridized carbons (Fsp3) is 1.00. The zero-order chi connectivity index (χ0) is 21.8. The number of rotatable bonds is 5. The van der Waals surface area contributed by atoms with E-state index in [1.54, 1.807) is 0 Å². The van der Waals surface area contributed by atoms with Crippen molar-refractivity contribution in [2.75, 3.05) is 46.3 Å². The van der Waals surface area contributed by atoms with Crippen LogP contribution in [0, 0.1) is 11.3 Å². The number of piperidine rings is 1. The van der Waals surface area contributed by atoms with Gasteiger partial charge in [0, 0.05) is 57.9 Å². The summed E-state index contributed by atoms with van der Waals surface area (Å²) in [6, 6.07) is 0.861. The molecule has 5 rings (SSSR count). The molecule has 0 bridgehead atoms. The molecule has 0 aromatic heterocycles. The summed E-state index contributed by atoms with van der Waals surface area (Å²) in [7, 11) is -1.34. The molecule has 0 spiro atoms. The van der Waals surface area contributed by atoms with E-state index in [9.17, 15) is 8.42 Å². The number of hydrogen-bond donors (Lipinski definition) is 4. The van der Waals surface area contributed by atoms with Gasteiger partial charge in [0.05, 0.1) is 6.17 Å². The number of likely N-dealkylation sites (N-methyl/N-ethyl adjacent to an activating group) is 1. The summed E-state index contributed by atoms with van der Waals surface area (Å²) in [5, 5.41) is 7.48. The minimum absolute atomic E-state index is 0.00440. The molecule has 4 heterocycles. The minimum atomic E-state index is -3.38. The number of sulfonamides is 1. The van der Waals surface area contributed by atoms with Gasteiger partial charge in [-0.2, -0.15) is 0 Å². The Kier molecular flexibility index (Phi) is 6.13. The molecule has 4 N–H and O–H groups in total. The van der Waals surface area contributed by atoms with Crippen LogP contribution in [0.15, 0.2) is 0 Å². The van der Waals surface area contributed by atoms with Gasteiger partial charge in [0.15, 0.2) is 0 Å². The molecule has 5 fully saturated rings. The highest BCUT2D eigenvalue weighted by Crippen LogP contribution is 2.34. The molecule has 10 heteroatoms. The smallest absolute Gasteiger partial charge is 0.217 e. The molecular formula is C21H41N7O2S. The Hall–Kier alpha value is -0.330. The Balaban J connectivity index is 1.17. The van der Waals surface area contributed by atoms with Crippen molar-refractivity contribution in [3.05, 3.63) is 0 Å². The van der Waals surface area contributed by atoms with Gasteiger partial charge in [0.1, 0.15) is 5.25 Å². The molecule has 4 aliphatic heterocycles. The molecular weight excluding hydrogens is 414 g/mol. The second kappa shape index (κ2) is 8.47. The van der Waals surface area contributed by atoms with Crippen molar-refractivity contribution in [2.45, 2.75) is 75.5 Å². The summed E-state index contributed by atoms with van der Waals surface area (Å²) >= 11 is 0. The summed E-state index contributed by atoms with van der Waals surface area (Å²) in [5.41, 5.74) is 7.23. The van der Waals surface area contributed by atoms with Crippen LogP contribution in [0.3, 0.4) is 0 Å². The molecule has 0 aromatic carbocycles. The lowest BCUT2D eigenvalue weighted by molar-refractivity contribution is -0.0353. The first-order chi connectivity index (χ1) is 14.7. The maximum absolute atomic E-state index is 13.3. The van der Waals surface area contributed by atoms with Crippen molar-refractivity contribution in [3.8, 4) is 0 Å². The first-order valence-electron chi connectivity index (χ1n) is 12.2. The van der Waals surface area contributed by atoms with Crippen molar-refractivity contribution in [1.82, 2.24) is 35.8 Å². The average Bonchev–Trinajstić information content (AvgIpc) is 3.35. The predicted octanol–water partition coefficient (Wildman–Crippen LogP) is -0.498. The third-order valence-electron chi connectivity index (χ3n) is 8.22. The molecule has 4 saturated heterocycles. The molecule has 5 aliphatic rings. The lowest BCUT2D eigenvalue weighted by atomic mass is 9.81. The van der Waals surface area contributed by atoms with Crippen molar-refractivity contribution in [1.29, 1.82) is 0 Å². The molecule has 31 heavy (non-hydrogen) atoms. The van der Waals surface area contributed by atoms with Gasteiger partial charge in [-0.1, -0.05) is 20.3 Å². The van der Waals surface area contributed by atoms with Crippen LogP contribution in [0.1, 0.15) is 46.0 Å². The van der Waals surface area contributed by atoms with Crippen LogP contribution in [-0.2, 0) is 10.0 Å². The van der Waals surface area contributed by atoms with Crippen LogP contribution >= 0.6 is 0 Å². The van der Waals surface area contributed by atoms with Gasteiger partial charge in [0.25, 0.3) is 0 Å². The summed E-state index contributed by atoms with van der Waals surface area (Å²) in [5.74, 6) is 0.541. The second-order valence-electron chi connectivity index (χ2n) is 11.3. The van der Waals surface area contributed by atoms with Crippen LogP contribution in [0.5, 0.6) is 0 Å². The summed E-state index contributed by atoms with van der Waals surface area (Å²) in [6.45, 7) is 9.99. The maximum Gasteiger partial charge on any atom is 0.217 e. The molecule has 0 radical (unpaired) electrons. The number of hydrazine groups is 2. The Morgan fingerprint density at radius 2 is 1.87 bits per heavy atom. The third kappa shape index (κ3) is 4.55. The fourth-order valence-electron chi connectivity index (χ4n) is 6.65. The maximum atomic E-state index is 13.3. The molecule has 0 aromatic rings. The topological polar surface area (TPSA) is 92.0 Å². The first-order valence-corrected chi connectivity index (χ1v) is 13.7. The quantitative estimate of drug-likeness (QED) is 0.441. The van der Waals surface area contributed by atoms with Gasteiger partial charge >= 0.3 is 0 Å². The number of hydrogen-bond acceptors (Lipinski definition) is 8.